The lowest BCUT2D eigenvalue weighted by Crippen LogP contribution is -2.36. The lowest BCUT2D eigenvalue weighted by atomic mass is 10.2. The zero-order valence-electron chi connectivity index (χ0n) is 14.8. The predicted octanol–water partition coefficient (Wildman–Crippen LogP) is 4.35. The Morgan fingerprint density at radius 2 is 1.81 bits per heavy atom. The molecule has 0 saturated heterocycles. The van der Waals surface area contributed by atoms with Gasteiger partial charge in [0.25, 0.3) is 5.91 Å². The summed E-state index contributed by atoms with van der Waals surface area (Å²) in [7, 11) is 1.61. The highest BCUT2D eigenvalue weighted by molar-refractivity contribution is 6.43. The average molecular weight is 408 g/mol. The van der Waals surface area contributed by atoms with E-state index in [9.17, 15) is 9.59 Å². The van der Waals surface area contributed by atoms with E-state index in [1.54, 1.807) is 24.1 Å². The first kappa shape index (κ1) is 19.5. The first-order valence-corrected chi connectivity index (χ1v) is 9.28. The molecule has 0 aliphatic heterocycles. The van der Waals surface area contributed by atoms with Crippen molar-refractivity contribution in [1.29, 1.82) is 0 Å². The number of nitrogens with zero attached hydrogens (tertiary/aromatic N) is 1. The van der Waals surface area contributed by atoms with Crippen molar-refractivity contribution >= 4 is 35.1 Å². The van der Waals surface area contributed by atoms with Crippen LogP contribution in [0.1, 0.15) is 28.8 Å². The molecule has 1 saturated carbocycles. The molecule has 142 valence electrons. The number of hydrogen-bond acceptors (Lipinski definition) is 4. The third-order valence-corrected chi connectivity index (χ3v) is 5.14. The van der Waals surface area contributed by atoms with Crippen molar-refractivity contribution in [3.63, 3.8) is 0 Å². The smallest absolute Gasteiger partial charge is 0.340 e. The van der Waals surface area contributed by atoms with Gasteiger partial charge in [0.1, 0.15) is 5.75 Å². The number of esters is 1. The van der Waals surface area contributed by atoms with Gasteiger partial charge in [-0.1, -0.05) is 41.4 Å². The van der Waals surface area contributed by atoms with E-state index >= 15 is 0 Å². The highest BCUT2D eigenvalue weighted by Crippen LogP contribution is 2.29. The van der Waals surface area contributed by atoms with Crippen molar-refractivity contribution in [2.45, 2.75) is 25.4 Å². The van der Waals surface area contributed by atoms with Gasteiger partial charge in [-0.25, -0.2) is 4.79 Å². The van der Waals surface area contributed by atoms with Gasteiger partial charge >= 0.3 is 5.97 Å². The van der Waals surface area contributed by atoms with Gasteiger partial charge in [-0.2, -0.15) is 0 Å². The fraction of sp³-hybridized carbons (Fsp3) is 0.300. The summed E-state index contributed by atoms with van der Waals surface area (Å²) in [5.41, 5.74) is 1.13. The summed E-state index contributed by atoms with van der Waals surface area (Å²) in [5.74, 6) is -0.147. The average Bonchev–Trinajstić information content (AvgIpc) is 3.51. The summed E-state index contributed by atoms with van der Waals surface area (Å²) in [6.07, 6.45) is 1.91. The lowest BCUT2D eigenvalue weighted by molar-refractivity contribution is -0.135. The summed E-state index contributed by atoms with van der Waals surface area (Å²) in [6, 6.07) is 12.4. The summed E-state index contributed by atoms with van der Waals surface area (Å²) < 4.78 is 10.3. The van der Waals surface area contributed by atoms with E-state index in [-0.39, 0.29) is 34.2 Å². The second-order valence-corrected chi connectivity index (χ2v) is 7.06. The molecule has 2 aromatic rings. The molecule has 0 atom stereocenters. The quantitative estimate of drug-likeness (QED) is 0.640. The molecule has 1 aliphatic carbocycles. The van der Waals surface area contributed by atoms with Crippen LogP contribution in [0.15, 0.2) is 42.5 Å². The normalized spacial score (nSPS) is 13.1. The largest absolute Gasteiger partial charge is 0.497 e. The SMILES string of the molecule is COc1ccc(CN(C(=O)COC(=O)c2cccc(Cl)c2Cl)C2CC2)cc1. The molecule has 2 aromatic carbocycles. The molecular formula is C20H19Cl2NO4. The number of rotatable bonds is 7. The Bertz CT molecular complexity index is 834. The Balaban J connectivity index is 1.61. The molecule has 0 spiro atoms. The number of carbonyl (C=O) groups excluding carboxylic acids is 2. The standard InChI is InChI=1S/C20H19Cl2NO4/c1-26-15-9-5-13(6-10-15)11-23(14-7-8-14)18(24)12-27-20(25)16-3-2-4-17(21)19(16)22/h2-6,9-10,14H,7-8,11-12H2,1H3. The minimum atomic E-state index is -0.670. The van der Waals surface area contributed by atoms with Crippen LogP contribution in [-0.4, -0.2) is 36.5 Å². The molecular weight excluding hydrogens is 389 g/mol. The fourth-order valence-corrected chi connectivity index (χ4v) is 3.06. The van der Waals surface area contributed by atoms with Crippen LogP contribution in [-0.2, 0) is 16.1 Å². The highest BCUT2D eigenvalue weighted by Gasteiger charge is 2.33. The monoisotopic (exact) mass is 407 g/mol. The molecule has 0 radical (unpaired) electrons. The zero-order valence-corrected chi connectivity index (χ0v) is 16.3. The van der Waals surface area contributed by atoms with Crippen molar-refractivity contribution < 1.29 is 19.1 Å². The topological polar surface area (TPSA) is 55.8 Å². The van der Waals surface area contributed by atoms with E-state index in [1.165, 1.54) is 6.07 Å². The number of methoxy groups -OCH3 is 1. The van der Waals surface area contributed by atoms with Crippen LogP contribution in [0.3, 0.4) is 0 Å². The number of carbonyl (C=O) groups is 2. The molecule has 3 rings (SSSR count). The van der Waals surface area contributed by atoms with Crippen LogP contribution in [0.5, 0.6) is 5.75 Å². The fourth-order valence-electron chi connectivity index (χ4n) is 2.68. The lowest BCUT2D eigenvalue weighted by Gasteiger charge is -2.22. The van der Waals surface area contributed by atoms with E-state index in [1.807, 2.05) is 24.3 Å². The molecule has 0 aromatic heterocycles. The van der Waals surface area contributed by atoms with E-state index in [0.29, 0.717) is 6.54 Å². The van der Waals surface area contributed by atoms with Crippen molar-refractivity contribution in [1.82, 2.24) is 4.90 Å². The van der Waals surface area contributed by atoms with Crippen LogP contribution < -0.4 is 4.74 Å². The third-order valence-electron chi connectivity index (χ3n) is 4.32. The van der Waals surface area contributed by atoms with Gasteiger partial charge in [0.15, 0.2) is 6.61 Å². The maximum absolute atomic E-state index is 12.6. The molecule has 0 bridgehead atoms. The molecule has 0 unspecified atom stereocenters. The second kappa shape index (κ2) is 8.63. The van der Waals surface area contributed by atoms with E-state index in [4.69, 9.17) is 32.7 Å². The summed E-state index contributed by atoms with van der Waals surface area (Å²) in [5, 5.41) is 0.380. The van der Waals surface area contributed by atoms with E-state index < -0.39 is 5.97 Å². The molecule has 0 heterocycles. The molecule has 1 amide bonds. The Labute approximate surface area is 167 Å². The van der Waals surface area contributed by atoms with Crippen LogP contribution in [0.2, 0.25) is 10.0 Å². The molecule has 0 N–H and O–H groups in total. The van der Waals surface area contributed by atoms with Crippen molar-refractivity contribution in [3.8, 4) is 5.75 Å². The Morgan fingerprint density at radius 1 is 1.11 bits per heavy atom. The Kier molecular flexibility index (Phi) is 6.24. The molecule has 1 fully saturated rings. The number of ether oxygens (including phenoxy) is 2. The highest BCUT2D eigenvalue weighted by atomic mass is 35.5. The Hall–Kier alpha value is -2.24. The van der Waals surface area contributed by atoms with Gasteiger partial charge in [0.05, 0.1) is 22.7 Å². The predicted molar refractivity (Wildman–Crippen MR) is 103 cm³/mol. The first-order chi connectivity index (χ1) is 13.0. The first-order valence-electron chi connectivity index (χ1n) is 8.53. The third kappa shape index (κ3) is 4.93. The van der Waals surface area contributed by atoms with Gasteiger partial charge in [-0.05, 0) is 42.7 Å². The maximum atomic E-state index is 12.6. The maximum Gasteiger partial charge on any atom is 0.340 e. The Morgan fingerprint density at radius 3 is 2.44 bits per heavy atom. The number of halogens is 2. The van der Waals surface area contributed by atoms with Crippen LogP contribution in [0.4, 0.5) is 0 Å². The molecule has 5 nitrogen and oxygen atoms in total. The van der Waals surface area contributed by atoms with Crippen molar-refractivity contribution in [2.75, 3.05) is 13.7 Å². The summed E-state index contributed by atoms with van der Waals surface area (Å²) >= 11 is 11.9. The molecule has 27 heavy (non-hydrogen) atoms. The van der Waals surface area contributed by atoms with Crippen LogP contribution >= 0.6 is 23.2 Å². The number of benzene rings is 2. The van der Waals surface area contributed by atoms with Gasteiger partial charge in [0, 0.05) is 12.6 Å². The minimum Gasteiger partial charge on any atom is -0.497 e. The van der Waals surface area contributed by atoms with Gasteiger partial charge in [-0.3, -0.25) is 4.79 Å². The zero-order chi connectivity index (χ0) is 19.4. The summed E-state index contributed by atoms with van der Waals surface area (Å²) in [6.45, 7) is 0.122. The minimum absolute atomic E-state index is 0.119. The molecule has 7 heteroatoms. The van der Waals surface area contributed by atoms with Gasteiger partial charge in [-0.15, -0.1) is 0 Å². The number of hydrogen-bond donors (Lipinski definition) is 0. The van der Waals surface area contributed by atoms with Crippen LogP contribution in [0, 0.1) is 0 Å². The van der Waals surface area contributed by atoms with E-state index in [0.717, 1.165) is 24.2 Å². The van der Waals surface area contributed by atoms with Gasteiger partial charge < -0.3 is 14.4 Å². The number of amides is 1. The molecule has 1 aliphatic rings. The van der Waals surface area contributed by atoms with Crippen LogP contribution in [0.25, 0.3) is 0 Å². The van der Waals surface area contributed by atoms with E-state index in [2.05, 4.69) is 0 Å². The van der Waals surface area contributed by atoms with Gasteiger partial charge in [0.2, 0.25) is 0 Å². The van der Waals surface area contributed by atoms with Crippen molar-refractivity contribution in [3.05, 3.63) is 63.6 Å². The van der Waals surface area contributed by atoms with Crippen molar-refractivity contribution in [2.24, 2.45) is 0 Å². The second-order valence-electron chi connectivity index (χ2n) is 6.28. The summed E-state index contributed by atoms with van der Waals surface area (Å²) in [4.78, 5) is 26.6.